The number of aliphatic hydroxyl groups excluding tert-OH is 1. The van der Waals surface area contributed by atoms with Crippen molar-refractivity contribution in [3.63, 3.8) is 0 Å². The van der Waals surface area contributed by atoms with Gasteiger partial charge >= 0.3 is 0 Å². The maximum atomic E-state index is 9.50. The van der Waals surface area contributed by atoms with E-state index in [0.29, 0.717) is 12.1 Å². The highest BCUT2D eigenvalue weighted by Crippen LogP contribution is 2.15. The van der Waals surface area contributed by atoms with E-state index in [1.54, 1.807) is 0 Å². The second-order valence-electron chi connectivity index (χ2n) is 6.20. The summed E-state index contributed by atoms with van der Waals surface area (Å²) in [6.07, 6.45) is 3.42. The van der Waals surface area contributed by atoms with E-state index in [1.165, 1.54) is 12.8 Å². The van der Waals surface area contributed by atoms with E-state index in [1.807, 2.05) is 0 Å². The maximum Gasteiger partial charge on any atom is 0.0610 e. The van der Waals surface area contributed by atoms with Crippen LogP contribution in [0.2, 0.25) is 0 Å². The molecule has 0 fully saturated rings. The minimum atomic E-state index is -0.122. The molecule has 3 nitrogen and oxygen atoms in total. The van der Waals surface area contributed by atoms with Gasteiger partial charge in [-0.1, -0.05) is 27.2 Å². The number of rotatable bonds is 10. The van der Waals surface area contributed by atoms with Crippen LogP contribution in [0.3, 0.4) is 0 Å². The Balaban J connectivity index is 3.93. The fraction of sp³-hybridized carbons (Fsp3) is 1.00. The molecule has 0 amide bonds. The van der Waals surface area contributed by atoms with Gasteiger partial charge in [0.1, 0.15) is 0 Å². The molecule has 3 heteroatoms. The number of unbranched alkanes of at least 4 members (excludes halogenated alkanes) is 1. The number of nitrogens with one attached hydrogen (secondary N) is 1. The van der Waals surface area contributed by atoms with Crippen LogP contribution in [0.5, 0.6) is 0 Å². The maximum absolute atomic E-state index is 9.50. The summed E-state index contributed by atoms with van der Waals surface area (Å²) in [4.78, 5) is 2.49. The Morgan fingerprint density at radius 2 is 1.78 bits per heavy atom. The van der Waals surface area contributed by atoms with Crippen LogP contribution in [0, 0.1) is 0 Å². The number of hydrogen-bond acceptors (Lipinski definition) is 3. The molecule has 0 aromatic rings. The van der Waals surface area contributed by atoms with E-state index in [2.05, 4.69) is 51.8 Å². The van der Waals surface area contributed by atoms with Gasteiger partial charge in [0.05, 0.1) is 6.61 Å². The molecule has 0 aliphatic rings. The summed E-state index contributed by atoms with van der Waals surface area (Å²) >= 11 is 0. The summed E-state index contributed by atoms with van der Waals surface area (Å²) in [5.41, 5.74) is -0.122. The smallest absolute Gasteiger partial charge is 0.0610 e. The quantitative estimate of drug-likeness (QED) is 0.591. The zero-order chi connectivity index (χ0) is 14.2. The van der Waals surface area contributed by atoms with Crippen molar-refractivity contribution >= 4 is 0 Å². The first-order valence-electron chi connectivity index (χ1n) is 7.47. The summed E-state index contributed by atoms with van der Waals surface area (Å²) in [5, 5.41) is 13.0. The molecule has 0 rings (SSSR count). The Hall–Kier alpha value is -0.120. The van der Waals surface area contributed by atoms with Gasteiger partial charge in [0, 0.05) is 17.6 Å². The molecule has 0 aromatic heterocycles. The van der Waals surface area contributed by atoms with Gasteiger partial charge in [0.25, 0.3) is 0 Å². The second-order valence-corrected chi connectivity index (χ2v) is 6.20. The van der Waals surface area contributed by atoms with Gasteiger partial charge < -0.3 is 15.3 Å². The Labute approximate surface area is 114 Å². The van der Waals surface area contributed by atoms with Crippen molar-refractivity contribution in [1.82, 2.24) is 10.2 Å². The second kappa shape index (κ2) is 8.89. The van der Waals surface area contributed by atoms with Crippen LogP contribution in [-0.4, -0.2) is 47.3 Å². The van der Waals surface area contributed by atoms with Crippen LogP contribution in [0.1, 0.15) is 60.8 Å². The topological polar surface area (TPSA) is 35.5 Å². The molecule has 0 saturated heterocycles. The van der Waals surface area contributed by atoms with Gasteiger partial charge in [-0.2, -0.15) is 0 Å². The SMILES string of the molecule is CCN(CCCCC(C)(CO)NC(C)C)C(C)C. The predicted molar refractivity (Wildman–Crippen MR) is 80.0 cm³/mol. The van der Waals surface area contributed by atoms with Crippen LogP contribution in [0.15, 0.2) is 0 Å². The van der Waals surface area contributed by atoms with Crippen molar-refractivity contribution < 1.29 is 5.11 Å². The molecule has 0 aromatic carbocycles. The largest absolute Gasteiger partial charge is 0.394 e. The van der Waals surface area contributed by atoms with Gasteiger partial charge in [0.15, 0.2) is 0 Å². The Morgan fingerprint density at radius 3 is 2.17 bits per heavy atom. The average molecular weight is 258 g/mol. The fourth-order valence-corrected chi connectivity index (χ4v) is 2.51. The zero-order valence-electron chi connectivity index (χ0n) is 13.3. The van der Waals surface area contributed by atoms with Crippen LogP contribution >= 0.6 is 0 Å². The first-order chi connectivity index (χ1) is 8.34. The van der Waals surface area contributed by atoms with E-state index in [-0.39, 0.29) is 12.1 Å². The molecule has 0 aliphatic heterocycles. The molecule has 0 aliphatic carbocycles. The number of hydrogen-bond donors (Lipinski definition) is 2. The molecule has 1 atom stereocenters. The molecule has 0 heterocycles. The molecule has 2 N–H and O–H groups in total. The van der Waals surface area contributed by atoms with E-state index in [0.717, 1.165) is 19.5 Å². The van der Waals surface area contributed by atoms with Gasteiger partial charge in [-0.25, -0.2) is 0 Å². The van der Waals surface area contributed by atoms with Crippen molar-refractivity contribution in [2.75, 3.05) is 19.7 Å². The Kier molecular flexibility index (Phi) is 8.83. The van der Waals surface area contributed by atoms with Crippen LogP contribution in [0.25, 0.3) is 0 Å². The molecule has 0 radical (unpaired) electrons. The third kappa shape index (κ3) is 7.34. The molecular weight excluding hydrogens is 224 g/mol. The van der Waals surface area contributed by atoms with Gasteiger partial charge in [-0.05, 0) is 46.7 Å². The molecule has 1 unspecified atom stereocenters. The summed E-state index contributed by atoms with van der Waals surface area (Å²) < 4.78 is 0. The van der Waals surface area contributed by atoms with Crippen molar-refractivity contribution in [1.29, 1.82) is 0 Å². The van der Waals surface area contributed by atoms with Crippen molar-refractivity contribution in [2.45, 2.75) is 78.4 Å². The van der Waals surface area contributed by atoms with E-state index >= 15 is 0 Å². The standard InChI is InChI=1S/C15H34N2O/c1-7-17(14(4)5)11-9-8-10-15(6,12-18)16-13(2)3/h13-14,16,18H,7-12H2,1-6H3. The lowest BCUT2D eigenvalue weighted by Gasteiger charge is -2.32. The fourth-order valence-electron chi connectivity index (χ4n) is 2.51. The zero-order valence-corrected chi connectivity index (χ0v) is 13.3. The third-order valence-corrected chi connectivity index (χ3v) is 3.55. The summed E-state index contributed by atoms with van der Waals surface area (Å²) in [6.45, 7) is 15.6. The van der Waals surface area contributed by atoms with Crippen molar-refractivity contribution in [2.24, 2.45) is 0 Å². The van der Waals surface area contributed by atoms with Crippen LogP contribution < -0.4 is 5.32 Å². The lowest BCUT2D eigenvalue weighted by Crippen LogP contribution is -2.49. The summed E-state index contributed by atoms with van der Waals surface area (Å²) in [7, 11) is 0. The average Bonchev–Trinajstić information content (AvgIpc) is 2.27. The molecule has 18 heavy (non-hydrogen) atoms. The highest BCUT2D eigenvalue weighted by molar-refractivity contribution is 4.83. The first-order valence-corrected chi connectivity index (χ1v) is 7.47. The highest BCUT2D eigenvalue weighted by Gasteiger charge is 2.23. The molecule has 0 saturated carbocycles. The third-order valence-electron chi connectivity index (χ3n) is 3.55. The van der Waals surface area contributed by atoms with E-state index < -0.39 is 0 Å². The van der Waals surface area contributed by atoms with E-state index in [4.69, 9.17) is 0 Å². The highest BCUT2D eigenvalue weighted by atomic mass is 16.3. The van der Waals surface area contributed by atoms with Crippen LogP contribution in [-0.2, 0) is 0 Å². The number of aliphatic hydroxyl groups is 1. The minimum absolute atomic E-state index is 0.122. The Morgan fingerprint density at radius 1 is 1.17 bits per heavy atom. The van der Waals surface area contributed by atoms with Crippen molar-refractivity contribution in [3.8, 4) is 0 Å². The monoisotopic (exact) mass is 258 g/mol. The van der Waals surface area contributed by atoms with Crippen LogP contribution in [0.4, 0.5) is 0 Å². The lowest BCUT2D eigenvalue weighted by molar-refractivity contribution is 0.150. The van der Waals surface area contributed by atoms with Crippen molar-refractivity contribution in [3.05, 3.63) is 0 Å². The van der Waals surface area contributed by atoms with Gasteiger partial charge in [-0.15, -0.1) is 0 Å². The van der Waals surface area contributed by atoms with Gasteiger partial charge in [-0.3, -0.25) is 0 Å². The molecule has 0 bridgehead atoms. The lowest BCUT2D eigenvalue weighted by atomic mass is 9.94. The van der Waals surface area contributed by atoms with E-state index in [9.17, 15) is 5.11 Å². The minimum Gasteiger partial charge on any atom is -0.394 e. The van der Waals surface area contributed by atoms with Gasteiger partial charge in [0.2, 0.25) is 0 Å². The molecule has 0 spiro atoms. The summed E-state index contributed by atoms with van der Waals surface area (Å²) in [6, 6.07) is 1.05. The molecule has 110 valence electrons. The molecular formula is C15H34N2O. The normalized spacial score (nSPS) is 15.7. The number of nitrogens with zero attached hydrogens (tertiary/aromatic N) is 1. The summed E-state index contributed by atoms with van der Waals surface area (Å²) in [5.74, 6) is 0. The Bertz CT molecular complexity index is 207. The first kappa shape index (κ1) is 17.9. The predicted octanol–water partition coefficient (Wildman–Crippen LogP) is 2.64.